The maximum Gasteiger partial charge on any atom is 1.00 e. The third-order valence-electron chi connectivity index (χ3n) is 1.49. The van der Waals surface area contributed by atoms with Crippen molar-refractivity contribution < 1.29 is 17.1 Å². The van der Waals surface area contributed by atoms with E-state index in [2.05, 4.69) is 15.5 Å². The van der Waals surface area contributed by atoms with Crippen LogP contribution in [0, 0.1) is 0 Å². The average Bonchev–Trinajstić information content (AvgIpc) is 2.53. The van der Waals surface area contributed by atoms with E-state index in [0.717, 1.165) is 5.69 Å². The minimum atomic E-state index is 0. The summed E-state index contributed by atoms with van der Waals surface area (Å²) < 4.78 is 1.47. The van der Waals surface area contributed by atoms with Gasteiger partial charge in [-0.05, 0) is 22.6 Å². The maximum absolute atomic E-state index is 5.50. The van der Waals surface area contributed by atoms with Gasteiger partial charge >= 0.3 is 17.1 Å². The number of hydrogen-bond acceptors (Lipinski definition) is 4. The first-order valence-electron chi connectivity index (χ1n) is 3.47. The van der Waals surface area contributed by atoms with Crippen LogP contribution in [0.1, 0.15) is 0 Å². The summed E-state index contributed by atoms with van der Waals surface area (Å²) in [5.41, 5.74) is 6.36. The molecule has 1 heterocycles. The van der Waals surface area contributed by atoms with E-state index in [1.54, 1.807) is 0 Å². The zero-order valence-corrected chi connectivity index (χ0v) is 7.50. The van der Waals surface area contributed by atoms with Crippen LogP contribution in [0.2, 0.25) is 0 Å². The Hall–Kier alpha value is -1.39. The van der Waals surface area contributed by atoms with Gasteiger partial charge in [-0.15, -0.1) is 0 Å². The number of rotatable bonds is 1. The van der Waals surface area contributed by atoms with E-state index in [-0.39, 0.29) is 17.1 Å². The summed E-state index contributed by atoms with van der Waals surface area (Å²) in [6.07, 6.45) is 0. The second-order valence-electron chi connectivity index (χ2n) is 2.28. The molecule has 1 aromatic carbocycles. The molecule has 1 aromatic heterocycles. The van der Waals surface area contributed by atoms with Gasteiger partial charge in [-0.25, -0.2) is 0 Å². The standard InChI is InChI=1S/C7H7N5.Cu/c8-7-9-10-11-12(7)6-4-2-1-3-5-6;/h1-5H,(H2,8,9,11);/q;+1. The molecule has 0 aliphatic rings. The van der Waals surface area contributed by atoms with Gasteiger partial charge in [0.1, 0.15) is 0 Å². The van der Waals surface area contributed by atoms with Crippen LogP contribution in [0.4, 0.5) is 5.95 Å². The first-order valence-corrected chi connectivity index (χ1v) is 3.47. The van der Waals surface area contributed by atoms with Gasteiger partial charge in [0, 0.05) is 0 Å². The fourth-order valence-electron chi connectivity index (χ4n) is 0.947. The van der Waals surface area contributed by atoms with Crippen LogP contribution in [0.25, 0.3) is 5.69 Å². The van der Waals surface area contributed by atoms with Crippen LogP contribution in [-0.2, 0) is 17.1 Å². The van der Waals surface area contributed by atoms with E-state index in [4.69, 9.17) is 5.73 Å². The number of nitrogens with zero attached hydrogens (tertiary/aromatic N) is 4. The quantitative estimate of drug-likeness (QED) is 0.705. The first kappa shape index (κ1) is 9.70. The average molecular weight is 225 g/mol. The summed E-state index contributed by atoms with van der Waals surface area (Å²) in [6.45, 7) is 0. The van der Waals surface area contributed by atoms with Crippen molar-refractivity contribution >= 4 is 5.95 Å². The molecule has 0 radical (unpaired) electrons. The number of hydrogen-bond donors (Lipinski definition) is 1. The molecular formula is C7H7CuN5+. The summed E-state index contributed by atoms with van der Waals surface area (Å²) in [5.74, 6) is 0.293. The van der Waals surface area contributed by atoms with E-state index in [1.165, 1.54) is 4.68 Å². The van der Waals surface area contributed by atoms with Gasteiger partial charge in [0.2, 0.25) is 5.95 Å². The van der Waals surface area contributed by atoms with Gasteiger partial charge in [0.05, 0.1) is 5.69 Å². The number of benzene rings is 1. The molecule has 2 rings (SSSR count). The zero-order valence-electron chi connectivity index (χ0n) is 6.55. The SMILES string of the molecule is Nc1nnnn1-c1ccccc1.[Cu+]. The van der Waals surface area contributed by atoms with Gasteiger partial charge in [-0.3, -0.25) is 0 Å². The van der Waals surface area contributed by atoms with E-state index >= 15 is 0 Å². The van der Waals surface area contributed by atoms with Crippen molar-refractivity contribution in [2.75, 3.05) is 5.73 Å². The van der Waals surface area contributed by atoms with Crippen molar-refractivity contribution in [3.05, 3.63) is 30.3 Å². The van der Waals surface area contributed by atoms with Crippen molar-refractivity contribution in [2.24, 2.45) is 0 Å². The summed E-state index contributed by atoms with van der Waals surface area (Å²) in [5, 5.41) is 10.7. The van der Waals surface area contributed by atoms with E-state index in [9.17, 15) is 0 Å². The smallest absolute Gasteiger partial charge is 0.366 e. The molecule has 0 spiro atoms. The molecule has 0 bridgehead atoms. The van der Waals surface area contributed by atoms with Crippen LogP contribution in [0.3, 0.4) is 0 Å². The normalized spacial score (nSPS) is 9.23. The van der Waals surface area contributed by atoms with Gasteiger partial charge in [0.25, 0.3) is 0 Å². The summed E-state index contributed by atoms with van der Waals surface area (Å²) in [4.78, 5) is 0. The fourth-order valence-corrected chi connectivity index (χ4v) is 0.947. The van der Waals surface area contributed by atoms with Crippen molar-refractivity contribution in [3.8, 4) is 5.69 Å². The fraction of sp³-hybridized carbons (Fsp3) is 0. The molecule has 0 amide bonds. The monoisotopic (exact) mass is 224 g/mol. The Morgan fingerprint density at radius 3 is 2.38 bits per heavy atom. The molecule has 0 aliphatic carbocycles. The Morgan fingerprint density at radius 2 is 1.85 bits per heavy atom. The Kier molecular flexibility index (Phi) is 3.00. The predicted octanol–water partition coefficient (Wildman–Crippen LogP) is 0.242. The Labute approximate surface area is 85.4 Å². The molecule has 0 aliphatic heterocycles. The van der Waals surface area contributed by atoms with Gasteiger partial charge < -0.3 is 5.73 Å². The zero-order chi connectivity index (χ0) is 8.39. The van der Waals surface area contributed by atoms with Crippen molar-refractivity contribution in [2.45, 2.75) is 0 Å². The van der Waals surface area contributed by atoms with Crippen LogP contribution in [0.15, 0.2) is 30.3 Å². The maximum atomic E-state index is 5.50. The number of aromatic nitrogens is 4. The Balaban J connectivity index is 0.000000845. The molecular weight excluding hydrogens is 218 g/mol. The molecule has 2 aromatic rings. The predicted molar refractivity (Wildman–Crippen MR) is 43.6 cm³/mol. The van der Waals surface area contributed by atoms with E-state index in [1.807, 2.05) is 30.3 Å². The minimum absolute atomic E-state index is 0. The third kappa shape index (κ3) is 1.85. The van der Waals surface area contributed by atoms with E-state index < -0.39 is 0 Å². The molecule has 6 heteroatoms. The first-order chi connectivity index (χ1) is 5.88. The number of para-hydroxylation sites is 1. The second kappa shape index (κ2) is 4.02. The molecule has 0 atom stereocenters. The molecule has 2 N–H and O–H groups in total. The summed E-state index contributed by atoms with van der Waals surface area (Å²) in [7, 11) is 0. The number of nitrogens with two attached hydrogens (primary N) is 1. The Bertz CT molecular complexity index is 371. The van der Waals surface area contributed by atoms with Crippen LogP contribution < -0.4 is 5.73 Å². The topological polar surface area (TPSA) is 69.6 Å². The van der Waals surface area contributed by atoms with Crippen LogP contribution in [-0.4, -0.2) is 20.2 Å². The molecule has 70 valence electrons. The minimum Gasteiger partial charge on any atom is -0.366 e. The molecule has 13 heavy (non-hydrogen) atoms. The van der Waals surface area contributed by atoms with Crippen molar-refractivity contribution in [3.63, 3.8) is 0 Å². The number of anilines is 1. The molecule has 0 unspecified atom stereocenters. The Morgan fingerprint density at radius 1 is 1.15 bits per heavy atom. The number of tetrazole rings is 1. The van der Waals surface area contributed by atoms with Crippen LogP contribution >= 0.6 is 0 Å². The van der Waals surface area contributed by atoms with Gasteiger partial charge in [-0.2, -0.15) is 4.68 Å². The molecule has 0 fully saturated rings. The van der Waals surface area contributed by atoms with E-state index in [0.29, 0.717) is 5.95 Å². The molecule has 5 nitrogen and oxygen atoms in total. The molecule has 0 saturated carbocycles. The summed E-state index contributed by atoms with van der Waals surface area (Å²) in [6, 6.07) is 9.48. The molecule has 0 saturated heterocycles. The third-order valence-corrected chi connectivity index (χ3v) is 1.49. The number of nitrogen functional groups attached to an aromatic ring is 1. The second-order valence-corrected chi connectivity index (χ2v) is 2.28. The van der Waals surface area contributed by atoms with Gasteiger partial charge in [0.15, 0.2) is 0 Å². The summed E-state index contributed by atoms with van der Waals surface area (Å²) >= 11 is 0. The van der Waals surface area contributed by atoms with Crippen molar-refractivity contribution in [1.29, 1.82) is 0 Å². The van der Waals surface area contributed by atoms with Crippen molar-refractivity contribution in [1.82, 2.24) is 20.2 Å². The largest absolute Gasteiger partial charge is 1.00 e. The van der Waals surface area contributed by atoms with Gasteiger partial charge in [-0.1, -0.05) is 23.3 Å². The van der Waals surface area contributed by atoms with Crippen LogP contribution in [0.5, 0.6) is 0 Å².